The fraction of sp³-hybridized carbons (Fsp3) is 0.467. The second-order valence-corrected chi connectivity index (χ2v) is 6.69. The summed E-state index contributed by atoms with van der Waals surface area (Å²) in [5, 5.41) is 8.02. The molecule has 0 fully saturated rings. The molecule has 1 N–H and O–H groups in total. The number of hydrogen-bond donors (Lipinski definition) is 1. The zero-order valence-corrected chi connectivity index (χ0v) is 14.9. The lowest BCUT2D eigenvalue weighted by atomic mass is 9.89. The Morgan fingerprint density at radius 1 is 1.29 bits per heavy atom. The van der Waals surface area contributed by atoms with Crippen molar-refractivity contribution in [2.45, 2.75) is 32.7 Å². The van der Waals surface area contributed by atoms with E-state index in [-0.39, 0.29) is 12.0 Å². The minimum atomic E-state index is 0.173. The molecule has 21 heavy (non-hydrogen) atoms. The Bertz CT molecular complexity index is 615. The lowest BCUT2D eigenvalue weighted by Crippen LogP contribution is -2.32. The molecule has 0 saturated carbocycles. The third-order valence-corrected chi connectivity index (χ3v) is 4.83. The zero-order valence-electron chi connectivity index (χ0n) is 12.5. The largest absolute Gasteiger partial charge is 0.339 e. The summed E-state index contributed by atoms with van der Waals surface area (Å²) in [7, 11) is 1.94. The molecule has 2 unspecified atom stereocenters. The van der Waals surface area contributed by atoms with Crippen molar-refractivity contribution in [3.8, 4) is 11.4 Å². The van der Waals surface area contributed by atoms with Gasteiger partial charge in [0.05, 0.1) is 10.9 Å². The van der Waals surface area contributed by atoms with Gasteiger partial charge < -0.3 is 9.84 Å². The number of hydrogen-bond acceptors (Lipinski definition) is 4. The maximum absolute atomic E-state index is 6.01. The van der Waals surface area contributed by atoms with Gasteiger partial charge in [-0.15, -0.1) is 0 Å². The quantitative estimate of drug-likeness (QED) is 0.839. The Balaban J connectivity index is 2.33. The molecule has 0 saturated heterocycles. The van der Waals surface area contributed by atoms with Crippen molar-refractivity contribution in [2.24, 2.45) is 5.92 Å². The lowest BCUT2D eigenvalue weighted by Gasteiger charge is -2.23. The van der Waals surface area contributed by atoms with E-state index >= 15 is 0 Å². The van der Waals surface area contributed by atoms with Gasteiger partial charge in [-0.05, 0) is 54.0 Å². The van der Waals surface area contributed by atoms with Gasteiger partial charge in [0.15, 0.2) is 0 Å². The predicted octanol–water partition coefficient (Wildman–Crippen LogP) is 4.50. The second-order valence-electron chi connectivity index (χ2n) is 5.43. The van der Waals surface area contributed by atoms with Crippen LogP contribution in [0.5, 0.6) is 0 Å². The second kappa shape index (κ2) is 6.90. The first-order valence-electron chi connectivity index (χ1n) is 6.90. The third-order valence-electron chi connectivity index (χ3n) is 3.62. The Hall–Kier alpha value is -0.910. The van der Waals surface area contributed by atoms with E-state index in [1.54, 1.807) is 0 Å². The van der Waals surface area contributed by atoms with Gasteiger partial charge >= 0.3 is 0 Å². The van der Waals surface area contributed by atoms with Crippen molar-refractivity contribution in [3.05, 3.63) is 33.6 Å². The first kappa shape index (κ1) is 16.5. The van der Waals surface area contributed by atoms with Crippen LogP contribution in [0.25, 0.3) is 11.4 Å². The summed E-state index contributed by atoms with van der Waals surface area (Å²) >= 11 is 9.41. The third kappa shape index (κ3) is 3.65. The zero-order chi connectivity index (χ0) is 15.6. The average Bonchev–Trinajstić information content (AvgIpc) is 2.90. The van der Waals surface area contributed by atoms with Crippen molar-refractivity contribution in [3.63, 3.8) is 0 Å². The van der Waals surface area contributed by atoms with Crippen molar-refractivity contribution in [1.82, 2.24) is 15.5 Å². The highest BCUT2D eigenvalue weighted by Crippen LogP contribution is 2.30. The highest BCUT2D eigenvalue weighted by Gasteiger charge is 2.27. The number of likely N-dealkylation sites (N-methyl/N-ethyl adjacent to an activating group) is 1. The smallest absolute Gasteiger partial charge is 0.231 e. The topological polar surface area (TPSA) is 51.0 Å². The van der Waals surface area contributed by atoms with E-state index < -0.39 is 0 Å². The SMILES string of the molecule is CNC(C)C(c1nc(-c2ccc(Cl)c(Br)c2)no1)C(C)C. The Morgan fingerprint density at radius 3 is 2.57 bits per heavy atom. The minimum absolute atomic E-state index is 0.173. The van der Waals surface area contributed by atoms with Crippen LogP contribution in [-0.2, 0) is 0 Å². The molecular formula is C15H19BrClN3O. The Kier molecular flexibility index (Phi) is 5.41. The van der Waals surface area contributed by atoms with E-state index in [1.807, 2.05) is 25.2 Å². The molecule has 0 radical (unpaired) electrons. The number of nitrogens with zero attached hydrogens (tertiary/aromatic N) is 2. The van der Waals surface area contributed by atoms with Crippen molar-refractivity contribution in [2.75, 3.05) is 7.05 Å². The van der Waals surface area contributed by atoms with Crippen molar-refractivity contribution in [1.29, 1.82) is 0 Å². The molecule has 1 aromatic heterocycles. The standard InChI is InChI=1S/C15H19BrClN3O/c1-8(2)13(9(3)18-4)15-19-14(20-21-15)10-5-6-12(17)11(16)7-10/h5-9,13,18H,1-4H3. The van der Waals surface area contributed by atoms with E-state index in [0.29, 0.717) is 22.7 Å². The van der Waals surface area contributed by atoms with Gasteiger partial charge in [-0.25, -0.2) is 0 Å². The summed E-state index contributed by atoms with van der Waals surface area (Å²) in [6, 6.07) is 5.85. The van der Waals surface area contributed by atoms with Crippen LogP contribution in [0.2, 0.25) is 5.02 Å². The summed E-state index contributed by atoms with van der Waals surface area (Å²) in [6.07, 6.45) is 0. The van der Waals surface area contributed by atoms with Crippen LogP contribution in [0.15, 0.2) is 27.2 Å². The molecule has 2 rings (SSSR count). The number of benzene rings is 1. The number of aromatic nitrogens is 2. The fourth-order valence-corrected chi connectivity index (χ4v) is 2.88. The summed E-state index contributed by atoms with van der Waals surface area (Å²) < 4.78 is 6.30. The highest BCUT2D eigenvalue weighted by molar-refractivity contribution is 9.10. The van der Waals surface area contributed by atoms with Crippen LogP contribution >= 0.6 is 27.5 Å². The van der Waals surface area contributed by atoms with Gasteiger partial charge in [-0.3, -0.25) is 0 Å². The molecule has 1 heterocycles. The molecule has 2 atom stereocenters. The maximum atomic E-state index is 6.01. The molecular weight excluding hydrogens is 354 g/mol. The monoisotopic (exact) mass is 371 g/mol. The van der Waals surface area contributed by atoms with E-state index in [4.69, 9.17) is 16.1 Å². The van der Waals surface area contributed by atoms with Gasteiger partial charge in [0, 0.05) is 16.1 Å². The highest BCUT2D eigenvalue weighted by atomic mass is 79.9. The van der Waals surface area contributed by atoms with E-state index in [2.05, 4.69) is 52.2 Å². The minimum Gasteiger partial charge on any atom is -0.339 e. The van der Waals surface area contributed by atoms with Crippen LogP contribution in [0.1, 0.15) is 32.6 Å². The molecule has 4 nitrogen and oxygen atoms in total. The lowest BCUT2D eigenvalue weighted by molar-refractivity contribution is 0.286. The van der Waals surface area contributed by atoms with Gasteiger partial charge in [0.25, 0.3) is 0 Å². The predicted molar refractivity (Wildman–Crippen MR) is 88.5 cm³/mol. The fourth-order valence-electron chi connectivity index (χ4n) is 2.38. The molecule has 0 amide bonds. The van der Waals surface area contributed by atoms with Gasteiger partial charge in [0.2, 0.25) is 11.7 Å². The normalized spacial score (nSPS) is 14.4. The van der Waals surface area contributed by atoms with E-state index in [0.717, 1.165) is 10.0 Å². The summed E-state index contributed by atoms with van der Waals surface area (Å²) in [5.41, 5.74) is 0.876. The van der Waals surface area contributed by atoms with E-state index in [9.17, 15) is 0 Å². The Labute approximate surface area is 138 Å². The average molecular weight is 373 g/mol. The summed E-state index contributed by atoms with van der Waals surface area (Å²) in [6.45, 7) is 6.43. The van der Waals surface area contributed by atoms with E-state index in [1.165, 1.54) is 0 Å². The molecule has 1 aromatic carbocycles. The molecule has 2 aromatic rings. The van der Waals surface area contributed by atoms with Gasteiger partial charge in [-0.1, -0.05) is 30.6 Å². The number of nitrogens with one attached hydrogen (secondary N) is 1. The van der Waals surface area contributed by atoms with Crippen LogP contribution in [0.4, 0.5) is 0 Å². The maximum Gasteiger partial charge on any atom is 0.231 e. The molecule has 114 valence electrons. The first-order chi connectivity index (χ1) is 9.93. The molecule has 0 spiro atoms. The van der Waals surface area contributed by atoms with Gasteiger partial charge in [0.1, 0.15) is 0 Å². The Morgan fingerprint density at radius 2 is 2.00 bits per heavy atom. The van der Waals surface area contributed by atoms with Crippen LogP contribution in [0, 0.1) is 5.92 Å². The van der Waals surface area contributed by atoms with Crippen LogP contribution in [0.3, 0.4) is 0 Å². The first-order valence-corrected chi connectivity index (χ1v) is 8.07. The number of rotatable bonds is 5. The molecule has 0 bridgehead atoms. The molecule has 0 aliphatic heterocycles. The molecule has 0 aliphatic carbocycles. The van der Waals surface area contributed by atoms with Crippen molar-refractivity contribution < 1.29 is 4.52 Å². The summed E-state index contributed by atoms with van der Waals surface area (Å²) in [4.78, 5) is 4.56. The molecule has 6 heteroatoms. The van der Waals surface area contributed by atoms with Crippen molar-refractivity contribution >= 4 is 27.5 Å². The van der Waals surface area contributed by atoms with Crippen LogP contribution < -0.4 is 5.32 Å². The summed E-state index contributed by atoms with van der Waals surface area (Å²) in [5.74, 6) is 1.81. The van der Waals surface area contributed by atoms with Crippen LogP contribution in [-0.4, -0.2) is 23.2 Å². The van der Waals surface area contributed by atoms with Gasteiger partial charge in [-0.2, -0.15) is 4.98 Å². The number of halogens is 2. The molecule has 0 aliphatic rings.